The van der Waals surface area contributed by atoms with Crippen LogP contribution in [0.2, 0.25) is 0 Å². The Hall–Kier alpha value is -4.46. The third-order valence-corrected chi connectivity index (χ3v) is 5.09. The first kappa shape index (κ1) is 27.8. The van der Waals surface area contributed by atoms with Crippen LogP contribution in [0.15, 0.2) is 36.8 Å². The van der Waals surface area contributed by atoms with Gasteiger partial charge in [-0.25, -0.2) is 9.78 Å². The quantitative estimate of drug-likeness (QED) is 0.153. The van der Waals surface area contributed by atoms with Gasteiger partial charge >= 0.3 is 11.9 Å². The Kier molecular flexibility index (Phi) is 9.92. The predicted molar refractivity (Wildman–Crippen MR) is 123 cm³/mol. The minimum absolute atomic E-state index is 0.0256. The fraction of sp³-hybridized carbons (Fsp3) is 0.364. The number of hydrogen-bond acceptors (Lipinski definition) is 8. The summed E-state index contributed by atoms with van der Waals surface area (Å²) >= 11 is 0. The molecule has 0 saturated heterocycles. The molecule has 0 bridgehead atoms. The number of carboxylic acids is 2. The van der Waals surface area contributed by atoms with Crippen molar-refractivity contribution in [1.29, 1.82) is 0 Å². The van der Waals surface area contributed by atoms with Gasteiger partial charge in [-0.1, -0.05) is 12.1 Å². The summed E-state index contributed by atoms with van der Waals surface area (Å²) in [5.41, 5.74) is 6.92. The molecule has 0 spiro atoms. The van der Waals surface area contributed by atoms with Crippen LogP contribution in [0, 0.1) is 0 Å². The average Bonchev–Trinajstić information content (AvgIpc) is 3.31. The van der Waals surface area contributed by atoms with Crippen molar-refractivity contribution in [2.75, 3.05) is 0 Å². The highest BCUT2D eigenvalue weighted by atomic mass is 16.4. The molecule has 4 atom stereocenters. The molecule has 0 aliphatic carbocycles. The number of rotatable bonds is 13. The summed E-state index contributed by atoms with van der Waals surface area (Å²) in [7, 11) is 0. The SMILES string of the molecule is CC(NC(=O)C(N)Cc1cnc[nH]1)C(=O)NC(CC(=O)O)C(=O)NC(Cc1ccc(O)cc1)C(=O)O. The van der Waals surface area contributed by atoms with E-state index < -0.39 is 60.2 Å². The minimum atomic E-state index is -1.62. The molecule has 0 aliphatic heterocycles. The van der Waals surface area contributed by atoms with E-state index in [1.807, 2.05) is 0 Å². The summed E-state index contributed by atoms with van der Waals surface area (Å²) in [4.78, 5) is 67.1. The monoisotopic (exact) mass is 504 g/mol. The molecule has 14 nitrogen and oxygen atoms in total. The van der Waals surface area contributed by atoms with Crippen molar-refractivity contribution < 1.29 is 39.3 Å². The summed E-state index contributed by atoms with van der Waals surface area (Å²) in [5, 5.41) is 34.8. The van der Waals surface area contributed by atoms with E-state index in [1.54, 1.807) is 0 Å². The van der Waals surface area contributed by atoms with Gasteiger partial charge in [0.25, 0.3) is 0 Å². The Morgan fingerprint density at radius 1 is 0.944 bits per heavy atom. The molecule has 0 fully saturated rings. The number of H-pyrrole nitrogens is 1. The summed E-state index contributed by atoms with van der Waals surface area (Å²) in [6, 6.07) is 0.393. The number of imidazole rings is 1. The molecule has 4 unspecified atom stereocenters. The molecule has 36 heavy (non-hydrogen) atoms. The second-order valence-electron chi connectivity index (χ2n) is 8.05. The first-order valence-corrected chi connectivity index (χ1v) is 10.8. The number of benzene rings is 1. The topological polar surface area (TPSA) is 237 Å². The Morgan fingerprint density at radius 2 is 1.58 bits per heavy atom. The molecule has 1 aromatic carbocycles. The van der Waals surface area contributed by atoms with Crippen LogP contribution in [-0.2, 0) is 36.8 Å². The number of carboxylic acid groups (broad SMARTS) is 2. The van der Waals surface area contributed by atoms with Crippen LogP contribution >= 0.6 is 0 Å². The highest BCUT2D eigenvalue weighted by Gasteiger charge is 2.30. The van der Waals surface area contributed by atoms with Gasteiger partial charge in [-0.3, -0.25) is 19.2 Å². The van der Waals surface area contributed by atoms with E-state index in [9.17, 15) is 34.2 Å². The lowest BCUT2D eigenvalue weighted by atomic mass is 10.0. The van der Waals surface area contributed by atoms with E-state index in [4.69, 9.17) is 10.8 Å². The van der Waals surface area contributed by atoms with Crippen molar-refractivity contribution in [2.45, 2.75) is 50.4 Å². The Balaban J connectivity index is 2.00. The number of carbonyl (C=O) groups excluding carboxylic acids is 3. The number of hydrogen-bond donors (Lipinski definition) is 8. The van der Waals surface area contributed by atoms with E-state index in [0.717, 1.165) is 0 Å². The molecule has 14 heteroatoms. The third kappa shape index (κ3) is 8.72. The smallest absolute Gasteiger partial charge is 0.326 e. The largest absolute Gasteiger partial charge is 0.508 e. The molecule has 1 heterocycles. The van der Waals surface area contributed by atoms with Crippen molar-refractivity contribution in [1.82, 2.24) is 25.9 Å². The zero-order valence-electron chi connectivity index (χ0n) is 19.3. The van der Waals surface area contributed by atoms with Gasteiger partial charge in [0, 0.05) is 24.7 Å². The first-order chi connectivity index (χ1) is 17.0. The summed E-state index contributed by atoms with van der Waals surface area (Å²) in [6.45, 7) is 1.32. The van der Waals surface area contributed by atoms with E-state index in [0.29, 0.717) is 11.3 Å². The number of nitrogens with zero attached hydrogens (tertiary/aromatic N) is 1. The molecule has 1 aromatic heterocycles. The lowest BCUT2D eigenvalue weighted by molar-refractivity contribution is -0.143. The maximum Gasteiger partial charge on any atom is 0.326 e. The average molecular weight is 505 g/mol. The van der Waals surface area contributed by atoms with Gasteiger partial charge in [0.15, 0.2) is 0 Å². The summed E-state index contributed by atoms with van der Waals surface area (Å²) < 4.78 is 0. The Bertz CT molecular complexity index is 1070. The summed E-state index contributed by atoms with van der Waals surface area (Å²) in [5.74, 6) is -5.40. The van der Waals surface area contributed by atoms with Crippen LogP contribution in [0.25, 0.3) is 0 Å². The van der Waals surface area contributed by atoms with E-state index in [-0.39, 0.29) is 18.6 Å². The van der Waals surface area contributed by atoms with Crippen LogP contribution in [-0.4, -0.2) is 79.1 Å². The highest BCUT2D eigenvalue weighted by Crippen LogP contribution is 2.12. The van der Waals surface area contributed by atoms with Crippen LogP contribution in [0.4, 0.5) is 0 Å². The van der Waals surface area contributed by atoms with E-state index in [1.165, 1.54) is 43.7 Å². The standard InChI is InChI=1S/C22H28N6O8/c1-11(26-20(33)15(23)7-13-9-24-10-25-13)19(32)27-16(8-18(30)31)21(34)28-17(22(35)36)6-12-2-4-14(29)5-3-12/h2-5,9-11,15-17,29H,6-8,23H2,1H3,(H,24,25)(H,26,33)(H,27,32)(H,28,34)(H,30,31)(H,35,36). The molecular weight excluding hydrogens is 476 g/mol. The normalized spacial score (nSPS) is 14.1. The molecule has 0 saturated carbocycles. The van der Waals surface area contributed by atoms with Crippen molar-refractivity contribution in [3.8, 4) is 5.75 Å². The minimum Gasteiger partial charge on any atom is -0.508 e. The van der Waals surface area contributed by atoms with Crippen molar-refractivity contribution >= 4 is 29.7 Å². The lowest BCUT2D eigenvalue weighted by Crippen LogP contribution is -2.57. The Morgan fingerprint density at radius 3 is 2.14 bits per heavy atom. The second kappa shape index (κ2) is 12.9. The van der Waals surface area contributed by atoms with Crippen molar-refractivity contribution in [2.24, 2.45) is 5.73 Å². The maximum atomic E-state index is 12.7. The first-order valence-electron chi connectivity index (χ1n) is 10.8. The number of aromatic nitrogens is 2. The molecule has 0 radical (unpaired) electrons. The summed E-state index contributed by atoms with van der Waals surface area (Å²) in [6.07, 6.45) is 2.05. The van der Waals surface area contributed by atoms with Crippen molar-refractivity contribution in [3.63, 3.8) is 0 Å². The molecule has 3 amide bonds. The third-order valence-electron chi connectivity index (χ3n) is 5.09. The fourth-order valence-corrected chi connectivity index (χ4v) is 3.13. The fourth-order valence-electron chi connectivity index (χ4n) is 3.13. The lowest BCUT2D eigenvalue weighted by Gasteiger charge is -2.23. The van der Waals surface area contributed by atoms with Crippen molar-refractivity contribution in [3.05, 3.63) is 48.0 Å². The number of phenols is 1. The van der Waals surface area contributed by atoms with Gasteiger partial charge < -0.3 is 42.0 Å². The van der Waals surface area contributed by atoms with Gasteiger partial charge in [-0.05, 0) is 24.6 Å². The number of nitrogens with one attached hydrogen (secondary N) is 4. The molecule has 194 valence electrons. The molecule has 2 rings (SSSR count). The van der Waals surface area contributed by atoms with Crippen LogP contribution in [0.5, 0.6) is 5.75 Å². The molecule has 9 N–H and O–H groups in total. The zero-order valence-corrected chi connectivity index (χ0v) is 19.3. The van der Waals surface area contributed by atoms with E-state index in [2.05, 4.69) is 25.9 Å². The highest BCUT2D eigenvalue weighted by molar-refractivity contribution is 5.95. The number of carbonyl (C=O) groups is 5. The number of phenolic OH excluding ortho intramolecular Hbond substituents is 1. The number of aromatic amines is 1. The van der Waals surface area contributed by atoms with Gasteiger partial charge in [0.2, 0.25) is 17.7 Å². The van der Waals surface area contributed by atoms with Gasteiger partial charge in [0.1, 0.15) is 23.9 Å². The molecule has 2 aromatic rings. The number of aromatic hydroxyl groups is 1. The number of nitrogens with two attached hydrogens (primary N) is 1. The van der Waals surface area contributed by atoms with Crippen LogP contribution in [0.1, 0.15) is 24.6 Å². The Labute approximate surface area is 205 Å². The maximum absolute atomic E-state index is 12.7. The van der Waals surface area contributed by atoms with E-state index >= 15 is 0 Å². The second-order valence-corrected chi connectivity index (χ2v) is 8.05. The van der Waals surface area contributed by atoms with Crippen LogP contribution in [0.3, 0.4) is 0 Å². The zero-order chi connectivity index (χ0) is 26.8. The molecular formula is C22H28N6O8. The molecule has 0 aliphatic rings. The number of amides is 3. The number of aliphatic carboxylic acids is 2. The van der Waals surface area contributed by atoms with Gasteiger partial charge in [-0.2, -0.15) is 0 Å². The predicted octanol–water partition coefficient (Wildman–Crippen LogP) is -1.74. The van der Waals surface area contributed by atoms with Gasteiger partial charge in [0.05, 0.1) is 18.8 Å². The van der Waals surface area contributed by atoms with Gasteiger partial charge in [-0.15, -0.1) is 0 Å². The van der Waals surface area contributed by atoms with Crippen LogP contribution < -0.4 is 21.7 Å².